The Morgan fingerprint density at radius 3 is 2.50 bits per heavy atom. The number of hydrogen-bond acceptors (Lipinski definition) is 3. The van der Waals surface area contributed by atoms with E-state index in [1.54, 1.807) is 6.07 Å². The summed E-state index contributed by atoms with van der Waals surface area (Å²) in [6.45, 7) is 0.649. The van der Waals surface area contributed by atoms with Crippen LogP contribution in [0.3, 0.4) is 0 Å². The molecule has 0 radical (unpaired) electrons. The Bertz CT molecular complexity index is 512. The van der Waals surface area contributed by atoms with Gasteiger partial charge in [0, 0.05) is 24.2 Å². The van der Waals surface area contributed by atoms with E-state index < -0.39 is 10.0 Å². The van der Waals surface area contributed by atoms with Crippen LogP contribution >= 0.6 is 23.2 Å². The van der Waals surface area contributed by atoms with Crippen LogP contribution in [0.15, 0.2) is 23.1 Å². The molecule has 0 saturated carbocycles. The molecule has 7 heteroatoms. The quantitative estimate of drug-likeness (QED) is 0.889. The van der Waals surface area contributed by atoms with Gasteiger partial charge in [0.15, 0.2) is 0 Å². The molecule has 88 valence electrons. The summed E-state index contributed by atoms with van der Waals surface area (Å²) in [4.78, 5) is 0.0357. The summed E-state index contributed by atoms with van der Waals surface area (Å²) in [7, 11) is -3.55. The molecule has 0 aliphatic carbocycles. The van der Waals surface area contributed by atoms with E-state index in [2.05, 4.69) is 0 Å². The Morgan fingerprint density at radius 2 is 1.94 bits per heavy atom. The summed E-state index contributed by atoms with van der Waals surface area (Å²) in [5.41, 5.74) is 5.55. The van der Waals surface area contributed by atoms with Crippen LogP contribution in [0, 0.1) is 0 Å². The number of nitrogens with two attached hydrogens (primary N) is 1. The first kappa shape index (κ1) is 12.1. The average molecular weight is 281 g/mol. The summed E-state index contributed by atoms with van der Waals surface area (Å²) in [5, 5.41) is 0.512. The van der Waals surface area contributed by atoms with Gasteiger partial charge in [-0.3, -0.25) is 0 Å². The van der Waals surface area contributed by atoms with Crippen molar-refractivity contribution in [3.63, 3.8) is 0 Å². The van der Waals surface area contributed by atoms with Crippen LogP contribution in [0.1, 0.15) is 0 Å². The maximum atomic E-state index is 12.1. The highest BCUT2D eigenvalue weighted by molar-refractivity contribution is 7.89. The Hall–Kier alpha value is -0.330. The van der Waals surface area contributed by atoms with Crippen molar-refractivity contribution in [2.75, 3.05) is 13.1 Å². The van der Waals surface area contributed by atoms with E-state index in [-0.39, 0.29) is 16.0 Å². The third-order valence-corrected chi connectivity index (χ3v) is 4.94. The second kappa shape index (κ2) is 4.16. The molecule has 2 N–H and O–H groups in total. The fraction of sp³-hybridized carbons (Fsp3) is 0.333. The zero-order valence-electron chi connectivity index (χ0n) is 8.23. The Kier molecular flexibility index (Phi) is 3.16. The molecule has 0 spiro atoms. The van der Waals surface area contributed by atoms with Crippen molar-refractivity contribution in [2.45, 2.75) is 10.9 Å². The highest BCUT2D eigenvalue weighted by atomic mass is 35.5. The van der Waals surface area contributed by atoms with Gasteiger partial charge in [-0.2, -0.15) is 4.31 Å². The number of halogens is 2. The maximum Gasteiger partial charge on any atom is 0.244 e. The van der Waals surface area contributed by atoms with Crippen LogP contribution < -0.4 is 5.73 Å². The van der Waals surface area contributed by atoms with Gasteiger partial charge in [0.1, 0.15) is 4.90 Å². The lowest BCUT2D eigenvalue weighted by molar-refractivity contribution is 0.265. The largest absolute Gasteiger partial charge is 0.325 e. The molecule has 0 amide bonds. The van der Waals surface area contributed by atoms with Gasteiger partial charge in [-0.1, -0.05) is 23.2 Å². The van der Waals surface area contributed by atoms with Gasteiger partial charge in [0.2, 0.25) is 10.0 Å². The maximum absolute atomic E-state index is 12.1. The van der Waals surface area contributed by atoms with E-state index in [0.29, 0.717) is 18.1 Å². The van der Waals surface area contributed by atoms with Crippen LogP contribution in [0.4, 0.5) is 0 Å². The summed E-state index contributed by atoms with van der Waals surface area (Å²) >= 11 is 11.6. The minimum atomic E-state index is -3.55. The monoisotopic (exact) mass is 280 g/mol. The van der Waals surface area contributed by atoms with Crippen LogP contribution in [0.25, 0.3) is 0 Å². The lowest BCUT2D eigenvalue weighted by Gasteiger charge is -2.35. The molecule has 0 unspecified atom stereocenters. The van der Waals surface area contributed by atoms with Gasteiger partial charge in [0.05, 0.1) is 5.02 Å². The molecule has 1 aliphatic rings. The summed E-state index contributed by atoms with van der Waals surface area (Å²) < 4.78 is 25.4. The fourth-order valence-corrected chi connectivity index (χ4v) is 3.77. The van der Waals surface area contributed by atoms with Crippen molar-refractivity contribution >= 4 is 33.2 Å². The first-order valence-electron chi connectivity index (χ1n) is 4.62. The lowest BCUT2D eigenvalue weighted by atomic mass is 10.2. The van der Waals surface area contributed by atoms with Crippen molar-refractivity contribution in [2.24, 2.45) is 5.73 Å². The summed E-state index contributed by atoms with van der Waals surface area (Å²) in [5.74, 6) is 0. The predicted molar refractivity (Wildman–Crippen MR) is 63.2 cm³/mol. The summed E-state index contributed by atoms with van der Waals surface area (Å²) in [6.07, 6.45) is 0. The number of sulfonamides is 1. The third-order valence-electron chi connectivity index (χ3n) is 2.39. The predicted octanol–water partition coefficient (Wildman–Crippen LogP) is 1.33. The minimum Gasteiger partial charge on any atom is -0.325 e. The molecule has 0 atom stereocenters. The second-order valence-electron chi connectivity index (χ2n) is 3.66. The van der Waals surface area contributed by atoms with Crippen molar-refractivity contribution in [1.82, 2.24) is 4.31 Å². The normalized spacial score (nSPS) is 18.4. The van der Waals surface area contributed by atoms with Crippen LogP contribution in [-0.4, -0.2) is 31.9 Å². The molecule has 16 heavy (non-hydrogen) atoms. The molecule has 0 bridgehead atoms. The zero-order chi connectivity index (χ0) is 11.9. The molecule has 2 rings (SSSR count). The van der Waals surface area contributed by atoms with Gasteiger partial charge < -0.3 is 5.73 Å². The number of nitrogens with zero attached hydrogens (tertiary/aromatic N) is 1. The van der Waals surface area contributed by atoms with Crippen molar-refractivity contribution in [3.05, 3.63) is 28.2 Å². The molecule has 1 aliphatic heterocycles. The topological polar surface area (TPSA) is 63.4 Å². The molecule has 1 fully saturated rings. The fourth-order valence-electron chi connectivity index (χ4n) is 1.48. The van der Waals surface area contributed by atoms with E-state index >= 15 is 0 Å². The Balaban J connectivity index is 2.40. The van der Waals surface area contributed by atoms with E-state index in [1.807, 2.05) is 0 Å². The van der Waals surface area contributed by atoms with Gasteiger partial charge in [0.25, 0.3) is 0 Å². The average Bonchev–Trinajstić information content (AvgIpc) is 2.16. The Morgan fingerprint density at radius 1 is 1.31 bits per heavy atom. The lowest BCUT2D eigenvalue weighted by Crippen LogP contribution is -2.57. The number of benzene rings is 1. The van der Waals surface area contributed by atoms with E-state index in [4.69, 9.17) is 28.9 Å². The molecular weight excluding hydrogens is 271 g/mol. The van der Waals surface area contributed by atoms with E-state index in [0.717, 1.165) is 0 Å². The number of hydrogen-bond donors (Lipinski definition) is 1. The first-order chi connectivity index (χ1) is 7.41. The van der Waals surface area contributed by atoms with Gasteiger partial charge in [-0.15, -0.1) is 0 Å². The SMILES string of the molecule is NC1CN(S(=O)(=O)c2cc(Cl)ccc2Cl)C1. The van der Waals surface area contributed by atoms with E-state index in [1.165, 1.54) is 16.4 Å². The van der Waals surface area contributed by atoms with Crippen LogP contribution in [0.5, 0.6) is 0 Å². The van der Waals surface area contributed by atoms with Crippen molar-refractivity contribution in [1.29, 1.82) is 0 Å². The van der Waals surface area contributed by atoms with Gasteiger partial charge in [-0.25, -0.2) is 8.42 Å². The second-order valence-corrected chi connectivity index (χ2v) is 6.41. The molecule has 1 aromatic rings. The molecule has 4 nitrogen and oxygen atoms in total. The van der Waals surface area contributed by atoms with Crippen LogP contribution in [-0.2, 0) is 10.0 Å². The van der Waals surface area contributed by atoms with Crippen LogP contribution in [0.2, 0.25) is 10.0 Å². The third kappa shape index (κ3) is 2.06. The molecule has 0 aromatic heterocycles. The molecular formula is C9H10Cl2N2O2S. The number of rotatable bonds is 2. The molecule has 1 saturated heterocycles. The van der Waals surface area contributed by atoms with Gasteiger partial charge in [-0.05, 0) is 18.2 Å². The highest BCUT2D eigenvalue weighted by Gasteiger charge is 2.35. The Labute approximate surface area is 104 Å². The molecule has 1 aromatic carbocycles. The van der Waals surface area contributed by atoms with E-state index in [9.17, 15) is 8.42 Å². The zero-order valence-corrected chi connectivity index (χ0v) is 10.6. The highest BCUT2D eigenvalue weighted by Crippen LogP contribution is 2.29. The summed E-state index contributed by atoms with van der Waals surface area (Å²) in [6, 6.07) is 4.28. The molecule has 1 heterocycles. The van der Waals surface area contributed by atoms with Gasteiger partial charge >= 0.3 is 0 Å². The van der Waals surface area contributed by atoms with Crippen molar-refractivity contribution in [3.8, 4) is 0 Å². The van der Waals surface area contributed by atoms with Crippen molar-refractivity contribution < 1.29 is 8.42 Å². The standard InChI is InChI=1S/C9H10Cl2N2O2S/c10-6-1-2-8(11)9(3-6)16(14,15)13-4-7(12)5-13/h1-3,7H,4-5,12H2. The first-order valence-corrected chi connectivity index (χ1v) is 6.81. The smallest absolute Gasteiger partial charge is 0.244 e. The minimum absolute atomic E-state index is 0.0357.